The molecule has 3 heterocycles. The summed E-state index contributed by atoms with van der Waals surface area (Å²) in [7, 11) is 0. The minimum atomic E-state index is -0.290. The maximum absolute atomic E-state index is 13.5. The second-order valence-corrected chi connectivity index (χ2v) is 9.10. The third kappa shape index (κ3) is 4.73. The Hall–Kier alpha value is -3.13. The highest BCUT2D eigenvalue weighted by molar-refractivity contribution is 6.18. The maximum atomic E-state index is 13.5. The lowest BCUT2D eigenvalue weighted by molar-refractivity contribution is -0.315. The van der Waals surface area contributed by atoms with Crippen molar-refractivity contribution in [1.29, 1.82) is 0 Å². The Bertz CT molecular complexity index is 1100. The van der Waals surface area contributed by atoms with Crippen LogP contribution >= 0.6 is 0 Å². The first-order valence-electron chi connectivity index (χ1n) is 11.9. The number of benzene rings is 1. The monoisotopic (exact) mass is 467 g/mol. The van der Waals surface area contributed by atoms with Crippen molar-refractivity contribution in [1.82, 2.24) is 9.80 Å². The van der Waals surface area contributed by atoms with Crippen molar-refractivity contribution in [3.8, 4) is 0 Å². The van der Waals surface area contributed by atoms with Crippen LogP contribution < -0.4 is 0 Å². The molecule has 7 nitrogen and oxygen atoms in total. The molecule has 1 fully saturated rings. The molecule has 180 valence electrons. The van der Waals surface area contributed by atoms with E-state index >= 15 is 0 Å². The first kappa shape index (κ1) is 24.0. The van der Waals surface area contributed by atoms with Gasteiger partial charge in [0.1, 0.15) is 11.5 Å². The molecule has 1 aromatic carbocycles. The number of fused-ring (bicyclic) bond motifs is 1. The van der Waals surface area contributed by atoms with E-state index in [9.17, 15) is 14.0 Å². The predicted octanol–water partition coefficient (Wildman–Crippen LogP) is 2.96. The quantitative estimate of drug-likeness (QED) is 0.458. The van der Waals surface area contributed by atoms with Crippen LogP contribution in [0.1, 0.15) is 39.7 Å². The summed E-state index contributed by atoms with van der Waals surface area (Å²) in [4.78, 5) is 34.2. The number of carbonyl (C=O) groups is 2. The molecule has 3 aliphatic heterocycles. The zero-order valence-electron chi connectivity index (χ0n) is 20.3. The van der Waals surface area contributed by atoms with E-state index in [1.807, 2.05) is 23.3 Å². The summed E-state index contributed by atoms with van der Waals surface area (Å²) in [5.41, 5.74) is 3.16. The van der Waals surface area contributed by atoms with Gasteiger partial charge in [-0.05, 0) is 55.1 Å². The molecule has 1 saturated heterocycles. The third-order valence-corrected chi connectivity index (χ3v) is 6.40. The fourth-order valence-corrected chi connectivity index (χ4v) is 4.54. The van der Waals surface area contributed by atoms with Gasteiger partial charge in [0.15, 0.2) is 6.20 Å². The van der Waals surface area contributed by atoms with E-state index in [2.05, 4.69) is 19.9 Å². The molecular weight excluding hydrogens is 435 g/mol. The van der Waals surface area contributed by atoms with Crippen LogP contribution in [0.4, 0.5) is 4.39 Å². The molecule has 0 N–H and O–H groups in total. The Morgan fingerprint density at radius 2 is 1.97 bits per heavy atom. The molecule has 0 saturated carbocycles. The zero-order valence-corrected chi connectivity index (χ0v) is 20.3. The van der Waals surface area contributed by atoms with Gasteiger partial charge in [-0.15, -0.1) is 0 Å². The first-order valence-corrected chi connectivity index (χ1v) is 11.9. The minimum Gasteiger partial charge on any atom is -0.381 e. The topological polar surface area (TPSA) is 65.2 Å². The Balaban J connectivity index is 1.51. The second kappa shape index (κ2) is 10.0. The van der Waals surface area contributed by atoms with Gasteiger partial charge in [0.05, 0.1) is 18.6 Å². The molecule has 1 atom stereocenters. The largest absolute Gasteiger partial charge is 0.381 e. The van der Waals surface area contributed by atoms with E-state index in [1.165, 1.54) is 12.1 Å². The normalized spacial score (nSPS) is 19.9. The second-order valence-electron chi connectivity index (χ2n) is 9.10. The van der Waals surface area contributed by atoms with Crippen molar-refractivity contribution in [3.63, 3.8) is 0 Å². The van der Waals surface area contributed by atoms with Gasteiger partial charge < -0.3 is 14.5 Å². The number of nitrogens with zero attached hydrogens (tertiary/aromatic N) is 4. The summed E-state index contributed by atoms with van der Waals surface area (Å²) in [5, 5.41) is 0. The van der Waals surface area contributed by atoms with Crippen LogP contribution in [0.3, 0.4) is 0 Å². The summed E-state index contributed by atoms with van der Waals surface area (Å²) in [6.07, 6.45) is 4.18. The average molecular weight is 468 g/mol. The summed E-state index contributed by atoms with van der Waals surface area (Å²) >= 11 is 0. The highest BCUT2D eigenvalue weighted by Crippen LogP contribution is 2.27. The Labute approximate surface area is 199 Å². The van der Waals surface area contributed by atoms with Crippen LogP contribution in [0.25, 0.3) is 0 Å². The molecule has 1 unspecified atom stereocenters. The molecule has 0 aliphatic carbocycles. The number of aliphatic imine (C=N–C) groups is 1. The molecule has 8 heteroatoms. The zero-order chi connectivity index (χ0) is 24.4. The fourth-order valence-electron chi connectivity index (χ4n) is 4.54. The van der Waals surface area contributed by atoms with Crippen molar-refractivity contribution in [2.45, 2.75) is 40.2 Å². The summed E-state index contributed by atoms with van der Waals surface area (Å²) in [6.45, 7) is 10.5. The van der Waals surface area contributed by atoms with E-state index in [-0.39, 0.29) is 29.6 Å². The van der Waals surface area contributed by atoms with E-state index in [0.29, 0.717) is 45.0 Å². The fraction of sp³-hybridized carbons (Fsp3) is 0.462. The number of piperazine rings is 1. The molecule has 3 aliphatic rings. The van der Waals surface area contributed by atoms with Gasteiger partial charge >= 0.3 is 11.7 Å². The number of amidine groups is 1. The van der Waals surface area contributed by atoms with Crippen molar-refractivity contribution in [2.75, 3.05) is 32.8 Å². The van der Waals surface area contributed by atoms with Crippen molar-refractivity contribution in [3.05, 3.63) is 59.2 Å². The van der Waals surface area contributed by atoms with Crippen molar-refractivity contribution in [2.24, 2.45) is 10.9 Å². The highest BCUT2D eigenvalue weighted by Gasteiger charge is 2.41. The molecular formula is C26H32FN4O3+. The predicted molar refractivity (Wildman–Crippen MR) is 128 cm³/mol. The molecule has 2 amide bonds. The SMILES string of the molecule is CCOCCC(=O)N1CCN(C(=O)C2=C[N+]3=C(c4ccc(F)cc4)C=C(C(C)C)C3=N2)CC1C. The van der Waals surface area contributed by atoms with Gasteiger partial charge in [0.2, 0.25) is 5.91 Å². The van der Waals surface area contributed by atoms with Gasteiger partial charge in [-0.1, -0.05) is 13.8 Å². The van der Waals surface area contributed by atoms with Gasteiger partial charge in [-0.25, -0.2) is 4.39 Å². The standard InChI is InChI=1S/C26H32FN4O3/c1-5-34-13-10-24(32)30-12-11-29(15-18(30)4)26(33)22-16-31-23(19-6-8-20(27)9-7-19)14-21(17(2)3)25(31)28-22/h6-9,14,16-18H,5,10-13,15H2,1-4H3/q+1. The van der Waals surface area contributed by atoms with Gasteiger partial charge in [0.25, 0.3) is 5.70 Å². The maximum Gasteiger partial charge on any atom is 0.332 e. The number of halogens is 1. The number of hydrogen-bond acceptors (Lipinski definition) is 4. The number of carbonyl (C=O) groups excluding carboxylic acids is 2. The number of rotatable bonds is 7. The number of allylic oxidation sites excluding steroid dienone is 1. The van der Waals surface area contributed by atoms with Crippen LogP contribution in [-0.2, 0) is 14.3 Å². The van der Waals surface area contributed by atoms with E-state index in [0.717, 1.165) is 22.7 Å². The smallest absolute Gasteiger partial charge is 0.332 e. The molecule has 4 rings (SSSR count). The number of ether oxygens (including phenoxy) is 1. The van der Waals surface area contributed by atoms with Crippen LogP contribution in [0.2, 0.25) is 0 Å². The van der Waals surface area contributed by atoms with Crippen molar-refractivity contribution >= 4 is 23.4 Å². The molecule has 34 heavy (non-hydrogen) atoms. The van der Waals surface area contributed by atoms with Gasteiger partial charge in [-0.2, -0.15) is 4.58 Å². The Morgan fingerprint density at radius 3 is 2.62 bits per heavy atom. The third-order valence-electron chi connectivity index (χ3n) is 6.40. The molecule has 0 bridgehead atoms. The summed E-state index contributed by atoms with van der Waals surface area (Å²) in [5.74, 6) is 0.585. The van der Waals surface area contributed by atoms with Gasteiger partial charge in [0, 0.05) is 37.8 Å². The van der Waals surface area contributed by atoms with Gasteiger partial charge in [-0.3, -0.25) is 9.59 Å². The first-order chi connectivity index (χ1) is 16.3. The molecule has 0 spiro atoms. The van der Waals surface area contributed by atoms with Crippen LogP contribution in [0.5, 0.6) is 0 Å². The lowest BCUT2D eigenvalue weighted by Gasteiger charge is -2.39. The van der Waals surface area contributed by atoms with E-state index < -0.39 is 0 Å². The number of amides is 2. The highest BCUT2D eigenvalue weighted by atomic mass is 19.1. The molecule has 0 aromatic heterocycles. The molecule has 0 radical (unpaired) electrons. The van der Waals surface area contributed by atoms with Crippen LogP contribution in [0.15, 0.2) is 52.8 Å². The van der Waals surface area contributed by atoms with Crippen molar-refractivity contribution < 1.29 is 23.3 Å². The Morgan fingerprint density at radius 1 is 1.24 bits per heavy atom. The number of hydrogen-bond donors (Lipinski definition) is 0. The summed E-state index contributed by atoms with van der Waals surface area (Å²) < 4.78 is 20.7. The van der Waals surface area contributed by atoms with Crippen LogP contribution in [-0.4, -0.2) is 76.6 Å². The average Bonchev–Trinajstić information content (AvgIpc) is 3.39. The van der Waals surface area contributed by atoms with Crippen LogP contribution in [0, 0.1) is 11.7 Å². The Kier molecular flexibility index (Phi) is 7.07. The van der Waals surface area contributed by atoms with E-state index in [4.69, 9.17) is 9.73 Å². The lowest BCUT2D eigenvalue weighted by atomic mass is 10.0. The summed E-state index contributed by atoms with van der Waals surface area (Å²) in [6, 6.07) is 6.26. The minimum absolute atomic E-state index is 0.0549. The lowest BCUT2D eigenvalue weighted by Crippen LogP contribution is -2.55. The molecule has 1 aromatic rings. The van der Waals surface area contributed by atoms with E-state index in [1.54, 1.807) is 23.2 Å².